The molecule has 0 aliphatic heterocycles. The number of hydrogen-bond acceptors (Lipinski definition) is 3. The minimum Gasteiger partial charge on any atom is -0.344 e. The summed E-state index contributed by atoms with van der Waals surface area (Å²) in [6.45, 7) is 3.70. The Morgan fingerprint density at radius 3 is 2.35 bits per heavy atom. The first kappa shape index (κ1) is 20.4. The number of rotatable bonds is 4. The number of nitrogens with one attached hydrogen (secondary N) is 1. The van der Waals surface area contributed by atoms with Gasteiger partial charge in [0.15, 0.2) is 0 Å². The van der Waals surface area contributed by atoms with Gasteiger partial charge < -0.3 is 9.88 Å². The molecule has 0 aliphatic rings. The van der Waals surface area contributed by atoms with Gasteiger partial charge in [0.25, 0.3) is 5.56 Å². The number of aryl methyl sites for hydroxylation is 2. The molecular weight excluding hydrogens is 392 g/mol. The summed E-state index contributed by atoms with van der Waals surface area (Å²) < 4.78 is 4.13. The van der Waals surface area contributed by atoms with Gasteiger partial charge in [0.2, 0.25) is 5.91 Å². The fourth-order valence-electron chi connectivity index (χ4n) is 3.86. The zero-order valence-corrected chi connectivity index (χ0v) is 18.0. The molecule has 1 amide bonds. The van der Waals surface area contributed by atoms with Crippen molar-refractivity contribution in [3.63, 3.8) is 0 Å². The van der Waals surface area contributed by atoms with E-state index >= 15 is 0 Å². The van der Waals surface area contributed by atoms with E-state index in [1.54, 1.807) is 11.6 Å². The molecule has 0 unspecified atom stereocenters. The Kier molecular flexibility index (Phi) is 5.10. The lowest BCUT2D eigenvalue weighted by Gasteiger charge is -2.14. The van der Waals surface area contributed by atoms with Crippen LogP contribution in [0.2, 0.25) is 0 Å². The summed E-state index contributed by atoms with van der Waals surface area (Å²) in [5.41, 5.74) is 4.24. The monoisotopic (exact) mass is 416 g/mol. The highest BCUT2D eigenvalue weighted by Gasteiger charge is 2.21. The number of benzene rings is 2. The number of fused-ring (bicyclic) bond motifs is 1. The molecule has 2 aromatic heterocycles. The molecular formula is C24H24N4O3. The first-order valence-corrected chi connectivity index (χ1v) is 10.00. The Balaban J connectivity index is 1.87. The van der Waals surface area contributed by atoms with Crippen molar-refractivity contribution in [1.82, 2.24) is 13.7 Å². The molecule has 0 aliphatic carbocycles. The van der Waals surface area contributed by atoms with E-state index in [9.17, 15) is 14.4 Å². The van der Waals surface area contributed by atoms with E-state index in [0.717, 1.165) is 26.8 Å². The lowest BCUT2D eigenvalue weighted by atomic mass is 10.1. The Morgan fingerprint density at radius 1 is 0.935 bits per heavy atom. The van der Waals surface area contributed by atoms with Gasteiger partial charge in [-0.05, 0) is 36.6 Å². The van der Waals surface area contributed by atoms with Crippen molar-refractivity contribution in [2.24, 2.45) is 14.1 Å². The van der Waals surface area contributed by atoms with Gasteiger partial charge in [0, 0.05) is 31.5 Å². The summed E-state index contributed by atoms with van der Waals surface area (Å²) >= 11 is 0. The molecule has 31 heavy (non-hydrogen) atoms. The molecule has 0 fully saturated rings. The smallest absolute Gasteiger partial charge is 0.331 e. The number of aromatic nitrogens is 3. The third kappa shape index (κ3) is 3.48. The summed E-state index contributed by atoms with van der Waals surface area (Å²) in [7, 11) is 3.19. The van der Waals surface area contributed by atoms with Crippen LogP contribution in [-0.4, -0.2) is 19.6 Å². The minimum absolute atomic E-state index is 0.208. The maximum Gasteiger partial charge on any atom is 0.331 e. The molecule has 0 radical (unpaired) electrons. The van der Waals surface area contributed by atoms with Crippen LogP contribution in [0.5, 0.6) is 0 Å². The van der Waals surface area contributed by atoms with Gasteiger partial charge in [-0.1, -0.05) is 42.5 Å². The topological polar surface area (TPSA) is 78.0 Å². The van der Waals surface area contributed by atoms with E-state index in [-0.39, 0.29) is 12.5 Å². The number of nitrogens with zero attached hydrogens (tertiary/aromatic N) is 3. The molecule has 158 valence electrons. The average Bonchev–Trinajstić information content (AvgIpc) is 3.10. The quantitative estimate of drug-likeness (QED) is 0.556. The van der Waals surface area contributed by atoms with Crippen LogP contribution in [0, 0.1) is 13.8 Å². The fourth-order valence-corrected chi connectivity index (χ4v) is 3.86. The van der Waals surface area contributed by atoms with E-state index in [1.165, 1.54) is 11.6 Å². The van der Waals surface area contributed by atoms with Crippen LogP contribution in [0.1, 0.15) is 11.1 Å². The van der Waals surface area contributed by atoms with Gasteiger partial charge in [-0.2, -0.15) is 0 Å². The highest BCUT2D eigenvalue weighted by atomic mass is 16.2. The Labute approximate surface area is 179 Å². The predicted molar refractivity (Wildman–Crippen MR) is 122 cm³/mol. The third-order valence-electron chi connectivity index (χ3n) is 5.72. The number of amides is 1. The molecule has 2 heterocycles. The second-order valence-electron chi connectivity index (χ2n) is 7.75. The number of carbonyl (C=O) groups excluding carboxylic acids is 1. The Hall–Kier alpha value is -3.87. The number of anilines is 1. The molecule has 7 heteroatoms. The zero-order chi connectivity index (χ0) is 22.3. The molecule has 4 aromatic rings. The van der Waals surface area contributed by atoms with Crippen molar-refractivity contribution >= 4 is 22.6 Å². The van der Waals surface area contributed by atoms with Crippen molar-refractivity contribution in [3.8, 4) is 11.1 Å². The molecule has 0 spiro atoms. The molecule has 0 atom stereocenters. The first-order valence-electron chi connectivity index (χ1n) is 10.00. The maximum atomic E-state index is 13.0. The zero-order valence-electron chi connectivity index (χ0n) is 18.0. The van der Waals surface area contributed by atoms with Gasteiger partial charge in [-0.3, -0.25) is 18.7 Å². The van der Waals surface area contributed by atoms with E-state index in [1.807, 2.05) is 68.6 Å². The van der Waals surface area contributed by atoms with Gasteiger partial charge >= 0.3 is 5.69 Å². The largest absolute Gasteiger partial charge is 0.344 e. The normalized spacial score (nSPS) is 11.1. The Bertz CT molecular complexity index is 1430. The molecule has 4 rings (SSSR count). The molecule has 1 N–H and O–H groups in total. The summed E-state index contributed by atoms with van der Waals surface area (Å²) in [6.07, 6.45) is 1.82. The summed E-state index contributed by atoms with van der Waals surface area (Å²) in [5.74, 6) is -0.335. The predicted octanol–water partition coefficient (Wildman–Crippen LogP) is 2.96. The highest BCUT2D eigenvalue weighted by Crippen LogP contribution is 2.28. The standard InChI is InChI=1S/C24H24N4O3/c1-15-9-8-12-19(16(15)2)25-20(29)14-28-21-18(17-10-6-5-7-11-17)13-26(3)22(21)23(30)27(4)24(28)31/h5-13H,14H2,1-4H3,(H,25,29). The molecule has 2 aromatic carbocycles. The molecule has 7 nitrogen and oxygen atoms in total. The molecule has 0 saturated carbocycles. The van der Waals surface area contributed by atoms with Crippen LogP contribution in [0.3, 0.4) is 0 Å². The van der Waals surface area contributed by atoms with Crippen LogP contribution >= 0.6 is 0 Å². The minimum atomic E-state index is -0.531. The number of carbonyl (C=O) groups is 1. The fraction of sp³-hybridized carbons (Fsp3) is 0.208. The lowest BCUT2D eigenvalue weighted by molar-refractivity contribution is -0.116. The van der Waals surface area contributed by atoms with Crippen LogP contribution in [0.25, 0.3) is 22.2 Å². The van der Waals surface area contributed by atoms with Crippen molar-refractivity contribution in [3.05, 3.63) is 86.7 Å². The van der Waals surface area contributed by atoms with E-state index in [2.05, 4.69) is 5.32 Å². The maximum absolute atomic E-state index is 13.0. The third-order valence-corrected chi connectivity index (χ3v) is 5.72. The van der Waals surface area contributed by atoms with Gasteiger partial charge in [0.1, 0.15) is 12.1 Å². The summed E-state index contributed by atoms with van der Waals surface area (Å²) in [5, 5.41) is 2.90. The summed E-state index contributed by atoms with van der Waals surface area (Å²) in [4.78, 5) is 38.8. The van der Waals surface area contributed by atoms with Crippen molar-refractivity contribution in [1.29, 1.82) is 0 Å². The summed E-state index contributed by atoms with van der Waals surface area (Å²) in [6, 6.07) is 15.2. The van der Waals surface area contributed by atoms with Crippen molar-refractivity contribution < 1.29 is 4.79 Å². The Morgan fingerprint density at radius 2 is 1.65 bits per heavy atom. The van der Waals surface area contributed by atoms with Gasteiger partial charge in [-0.25, -0.2) is 4.79 Å². The van der Waals surface area contributed by atoms with Gasteiger partial charge in [-0.15, -0.1) is 0 Å². The van der Waals surface area contributed by atoms with Crippen LogP contribution in [0.4, 0.5) is 5.69 Å². The highest BCUT2D eigenvalue weighted by molar-refractivity contribution is 5.96. The van der Waals surface area contributed by atoms with E-state index in [0.29, 0.717) is 16.7 Å². The average molecular weight is 416 g/mol. The van der Waals surface area contributed by atoms with E-state index in [4.69, 9.17) is 0 Å². The van der Waals surface area contributed by atoms with Crippen LogP contribution in [0.15, 0.2) is 64.3 Å². The second kappa shape index (κ2) is 7.75. The number of hydrogen-bond donors (Lipinski definition) is 1. The van der Waals surface area contributed by atoms with Gasteiger partial charge in [0.05, 0.1) is 5.52 Å². The molecule has 0 saturated heterocycles. The van der Waals surface area contributed by atoms with Crippen molar-refractivity contribution in [2.45, 2.75) is 20.4 Å². The van der Waals surface area contributed by atoms with E-state index < -0.39 is 11.2 Å². The van der Waals surface area contributed by atoms with Crippen LogP contribution in [-0.2, 0) is 25.4 Å². The van der Waals surface area contributed by atoms with Crippen LogP contribution < -0.4 is 16.6 Å². The second-order valence-corrected chi connectivity index (χ2v) is 7.75. The first-order chi connectivity index (χ1) is 14.8. The SMILES string of the molecule is Cc1cccc(NC(=O)Cn2c(=O)n(C)c(=O)c3c2c(-c2ccccc2)cn3C)c1C. The lowest BCUT2D eigenvalue weighted by Crippen LogP contribution is -2.40. The van der Waals surface area contributed by atoms with Crippen molar-refractivity contribution in [2.75, 3.05) is 5.32 Å². The molecule has 0 bridgehead atoms.